The molecule has 12 heavy (non-hydrogen) atoms. The van der Waals surface area contributed by atoms with Crippen LogP contribution in [0.15, 0.2) is 0 Å². The van der Waals surface area contributed by atoms with Gasteiger partial charge in [-0.1, -0.05) is 6.92 Å². The topological polar surface area (TPSA) is 47.3 Å². The first-order chi connectivity index (χ1) is 5.79. The van der Waals surface area contributed by atoms with Gasteiger partial charge in [0, 0.05) is 13.5 Å². The summed E-state index contributed by atoms with van der Waals surface area (Å²) in [7, 11) is 1.69. The number of hydrazine groups is 1. The number of hydrogen-bond donors (Lipinski definition) is 2. The van der Waals surface area contributed by atoms with Crippen molar-refractivity contribution < 1.29 is 4.74 Å². The van der Waals surface area contributed by atoms with Crippen molar-refractivity contribution in [1.29, 1.82) is 0 Å². The molecule has 0 spiro atoms. The van der Waals surface area contributed by atoms with Crippen molar-refractivity contribution in [2.24, 2.45) is 5.84 Å². The fourth-order valence-corrected chi connectivity index (χ4v) is 1.13. The van der Waals surface area contributed by atoms with Crippen LogP contribution in [-0.2, 0) is 4.74 Å². The highest BCUT2D eigenvalue weighted by atomic mass is 16.5. The molecule has 0 radical (unpaired) electrons. The quantitative estimate of drug-likeness (QED) is 0.362. The molecule has 2 atom stereocenters. The molecule has 0 aromatic rings. The van der Waals surface area contributed by atoms with E-state index in [1.165, 1.54) is 0 Å². The lowest BCUT2D eigenvalue weighted by molar-refractivity contribution is 0.0668. The first-order valence-corrected chi connectivity index (χ1v) is 4.18. The SMILES string of the molecule is CC#CCC(NN)C(CC)OC. The van der Waals surface area contributed by atoms with Crippen LogP contribution >= 0.6 is 0 Å². The number of rotatable bonds is 5. The van der Waals surface area contributed by atoms with Crippen LogP contribution in [0.1, 0.15) is 26.7 Å². The smallest absolute Gasteiger partial charge is 0.0744 e. The second-order valence-electron chi connectivity index (χ2n) is 2.59. The van der Waals surface area contributed by atoms with Gasteiger partial charge in [-0.05, 0) is 13.3 Å². The molecule has 3 N–H and O–H groups in total. The van der Waals surface area contributed by atoms with Gasteiger partial charge in [-0.25, -0.2) is 0 Å². The highest BCUT2D eigenvalue weighted by molar-refractivity contribution is 4.99. The summed E-state index contributed by atoms with van der Waals surface area (Å²) in [6.07, 6.45) is 1.83. The predicted molar refractivity (Wildman–Crippen MR) is 50.3 cm³/mol. The average molecular weight is 170 g/mol. The lowest BCUT2D eigenvalue weighted by Gasteiger charge is -2.22. The van der Waals surface area contributed by atoms with E-state index in [1.807, 2.05) is 6.92 Å². The molecule has 0 aliphatic rings. The number of nitrogens with two attached hydrogens (primary N) is 1. The van der Waals surface area contributed by atoms with Gasteiger partial charge in [-0.15, -0.1) is 11.8 Å². The Bertz CT molecular complexity index is 156. The van der Waals surface area contributed by atoms with E-state index in [-0.39, 0.29) is 12.1 Å². The zero-order valence-electron chi connectivity index (χ0n) is 8.05. The van der Waals surface area contributed by atoms with Gasteiger partial charge in [0.05, 0.1) is 12.1 Å². The van der Waals surface area contributed by atoms with Crippen molar-refractivity contribution in [3.63, 3.8) is 0 Å². The fourth-order valence-electron chi connectivity index (χ4n) is 1.13. The molecule has 0 amide bonds. The molecular formula is C9H18N2O. The minimum absolute atomic E-state index is 0.132. The molecule has 0 fully saturated rings. The molecular weight excluding hydrogens is 152 g/mol. The highest BCUT2D eigenvalue weighted by Crippen LogP contribution is 2.05. The second kappa shape index (κ2) is 7.11. The molecule has 0 rings (SSSR count). The largest absolute Gasteiger partial charge is 0.380 e. The Morgan fingerprint density at radius 2 is 2.25 bits per heavy atom. The molecule has 0 bridgehead atoms. The predicted octanol–water partition coefficient (Wildman–Crippen LogP) is 0.657. The lowest BCUT2D eigenvalue weighted by atomic mass is 10.1. The number of methoxy groups -OCH3 is 1. The Labute approximate surface area is 74.6 Å². The van der Waals surface area contributed by atoms with Crippen LogP contribution in [0.3, 0.4) is 0 Å². The van der Waals surface area contributed by atoms with E-state index >= 15 is 0 Å². The average Bonchev–Trinajstić information content (AvgIpc) is 2.12. The number of ether oxygens (including phenoxy) is 1. The Morgan fingerprint density at radius 3 is 2.58 bits per heavy atom. The van der Waals surface area contributed by atoms with Crippen molar-refractivity contribution in [3.8, 4) is 11.8 Å². The maximum atomic E-state index is 5.37. The van der Waals surface area contributed by atoms with Crippen LogP contribution in [-0.4, -0.2) is 19.3 Å². The molecule has 0 aromatic carbocycles. The Balaban J connectivity index is 3.98. The Hall–Kier alpha value is -0.560. The molecule has 0 aliphatic heterocycles. The van der Waals surface area contributed by atoms with Crippen molar-refractivity contribution in [2.45, 2.75) is 38.8 Å². The van der Waals surface area contributed by atoms with Crippen molar-refractivity contribution in [2.75, 3.05) is 7.11 Å². The van der Waals surface area contributed by atoms with E-state index in [4.69, 9.17) is 10.6 Å². The summed E-state index contributed by atoms with van der Waals surface area (Å²) in [5.74, 6) is 11.2. The van der Waals surface area contributed by atoms with E-state index in [0.717, 1.165) is 12.8 Å². The number of nitrogens with one attached hydrogen (secondary N) is 1. The van der Waals surface area contributed by atoms with Crippen LogP contribution in [0.4, 0.5) is 0 Å². The van der Waals surface area contributed by atoms with E-state index < -0.39 is 0 Å². The first kappa shape index (κ1) is 11.4. The summed E-state index contributed by atoms with van der Waals surface area (Å²) >= 11 is 0. The van der Waals surface area contributed by atoms with Crippen LogP contribution < -0.4 is 11.3 Å². The van der Waals surface area contributed by atoms with Gasteiger partial charge in [-0.2, -0.15) is 0 Å². The van der Waals surface area contributed by atoms with E-state index in [0.29, 0.717) is 0 Å². The number of hydrogen-bond acceptors (Lipinski definition) is 3. The third-order valence-corrected chi connectivity index (χ3v) is 1.87. The van der Waals surface area contributed by atoms with Crippen molar-refractivity contribution in [3.05, 3.63) is 0 Å². The van der Waals surface area contributed by atoms with Gasteiger partial charge in [0.25, 0.3) is 0 Å². The molecule has 3 heteroatoms. The molecule has 0 aliphatic carbocycles. The van der Waals surface area contributed by atoms with Gasteiger partial charge in [0.1, 0.15) is 0 Å². The van der Waals surface area contributed by atoms with E-state index in [9.17, 15) is 0 Å². The third kappa shape index (κ3) is 3.72. The molecule has 3 nitrogen and oxygen atoms in total. The summed E-state index contributed by atoms with van der Waals surface area (Å²) < 4.78 is 5.24. The molecule has 0 heterocycles. The standard InChI is InChI=1S/C9H18N2O/c1-4-6-7-8(11-10)9(5-2)12-3/h8-9,11H,5,7,10H2,1-3H3. The molecule has 0 aromatic heterocycles. The van der Waals surface area contributed by atoms with Gasteiger partial charge < -0.3 is 4.74 Å². The molecule has 0 saturated carbocycles. The Morgan fingerprint density at radius 1 is 1.58 bits per heavy atom. The zero-order chi connectivity index (χ0) is 9.40. The van der Waals surface area contributed by atoms with Gasteiger partial charge in [0.2, 0.25) is 0 Å². The monoisotopic (exact) mass is 170 g/mol. The minimum Gasteiger partial charge on any atom is -0.380 e. The van der Waals surface area contributed by atoms with Crippen molar-refractivity contribution in [1.82, 2.24) is 5.43 Å². The summed E-state index contributed by atoms with van der Waals surface area (Å²) in [4.78, 5) is 0. The highest BCUT2D eigenvalue weighted by Gasteiger charge is 2.16. The van der Waals surface area contributed by atoms with E-state index in [1.54, 1.807) is 7.11 Å². The van der Waals surface area contributed by atoms with E-state index in [2.05, 4.69) is 24.2 Å². The minimum atomic E-state index is 0.132. The third-order valence-electron chi connectivity index (χ3n) is 1.87. The van der Waals surface area contributed by atoms with Crippen LogP contribution in [0.25, 0.3) is 0 Å². The van der Waals surface area contributed by atoms with Crippen LogP contribution in [0, 0.1) is 11.8 Å². The molecule has 2 unspecified atom stereocenters. The lowest BCUT2D eigenvalue weighted by Crippen LogP contribution is -2.44. The van der Waals surface area contributed by atoms with Crippen molar-refractivity contribution >= 4 is 0 Å². The maximum absolute atomic E-state index is 5.37. The molecule has 70 valence electrons. The van der Waals surface area contributed by atoms with Crippen LogP contribution in [0.5, 0.6) is 0 Å². The summed E-state index contributed by atoms with van der Waals surface area (Å²) in [5.41, 5.74) is 2.71. The summed E-state index contributed by atoms with van der Waals surface area (Å²) in [5, 5.41) is 0. The van der Waals surface area contributed by atoms with Crippen LogP contribution in [0.2, 0.25) is 0 Å². The first-order valence-electron chi connectivity index (χ1n) is 4.18. The second-order valence-corrected chi connectivity index (χ2v) is 2.59. The normalized spacial score (nSPS) is 14.7. The summed E-state index contributed by atoms with van der Waals surface area (Å²) in [6, 6.07) is 0.132. The zero-order valence-corrected chi connectivity index (χ0v) is 8.05. The van der Waals surface area contributed by atoms with Gasteiger partial charge >= 0.3 is 0 Å². The Kier molecular flexibility index (Phi) is 6.78. The van der Waals surface area contributed by atoms with Gasteiger partial charge in [-0.3, -0.25) is 11.3 Å². The maximum Gasteiger partial charge on any atom is 0.0744 e. The van der Waals surface area contributed by atoms with Gasteiger partial charge in [0.15, 0.2) is 0 Å². The molecule has 0 saturated heterocycles. The fraction of sp³-hybridized carbons (Fsp3) is 0.778. The summed E-state index contributed by atoms with van der Waals surface area (Å²) in [6.45, 7) is 3.89.